The number of allylic oxidation sites excluding steroid dienone is 1. The van der Waals surface area contributed by atoms with E-state index in [1.165, 1.54) is 0 Å². The summed E-state index contributed by atoms with van der Waals surface area (Å²) in [6.07, 6.45) is 7.08. The van der Waals surface area contributed by atoms with E-state index in [-0.39, 0.29) is 5.91 Å². The quantitative estimate of drug-likeness (QED) is 0.775. The van der Waals surface area contributed by atoms with Gasteiger partial charge in [-0.15, -0.1) is 0 Å². The predicted octanol–water partition coefficient (Wildman–Crippen LogP) is 2.71. The van der Waals surface area contributed by atoms with Gasteiger partial charge in [0, 0.05) is 18.7 Å². The third kappa shape index (κ3) is 7.36. The zero-order valence-corrected chi connectivity index (χ0v) is 13.0. The van der Waals surface area contributed by atoms with Gasteiger partial charge in [0.1, 0.15) is 0 Å². The predicted molar refractivity (Wildman–Crippen MR) is 86.7 cm³/mol. The van der Waals surface area contributed by atoms with Gasteiger partial charge in [0.15, 0.2) is 0 Å². The highest BCUT2D eigenvalue weighted by Crippen LogP contribution is 2.09. The number of carbonyl (C=O) groups is 1. The van der Waals surface area contributed by atoms with Gasteiger partial charge in [-0.1, -0.05) is 42.5 Å². The van der Waals surface area contributed by atoms with Crippen LogP contribution in [0.1, 0.15) is 25.3 Å². The zero-order valence-electron chi connectivity index (χ0n) is 12.1. The first-order chi connectivity index (χ1) is 9.53. The van der Waals surface area contributed by atoms with Crippen molar-refractivity contribution in [2.75, 3.05) is 18.6 Å². The van der Waals surface area contributed by atoms with Gasteiger partial charge >= 0.3 is 0 Å². The fourth-order valence-corrected chi connectivity index (χ4v) is 2.46. The third-order valence-corrected chi connectivity index (χ3v) is 3.68. The molecular weight excluding hydrogens is 270 g/mol. The molecule has 1 aromatic rings. The third-order valence-electron chi connectivity index (χ3n) is 2.77. The minimum absolute atomic E-state index is 0.0240. The Hall–Kier alpha value is -1.26. The summed E-state index contributed by atoms with van der Waals surface area (Å²) in [6, 6.07) is 10.00. The van der Waals surface area contributed by atoms with Crippen molar-refractivity contribution < 1.29 is 9.90 Å². The minimum atomic E-state index is -0.838. The normalized spacial score (nSPS) is 14.2. The van der Waals surface area contributed by atoms with E-state index < -0.39 is 5.60 Å². The van der Waals surface area contributed by atoms with Crippen molar-refractivity contribution in [1.82, 2.24) is 5.32 Å². The van der Waals surface area contributed by atoms with Crippen LogP contribution in [0.4, 0.5) is 0 Å². The van der Waals surface area contributed by atoms with Crippen molar-refractivity contribution in [2.45, 2.75) is 25.4 Å². The van der Waals surface area contributed by atoms with Crippen LogP contribution in [0.25, 0.3) is 6.08 Å². The summed E-state index contributed by atoms with van der Waals surface area (Å²) >= 11 is 1.57. The molecule has 1 rings (SSSR count). The monoisotopic (exact) mass is 293 g/mol. The number of carbonyl (C=O) groups excluding carboxylic acids is 1. The molecule has 0 spiro atoms. The second-order valence-corrected chi connectivity index (χ2v) is 5.92. The van der Waals surface area contributed by atoms with Crippen LogP contribution >= 0.6 is 11.8 Å². The first-order valence-electron chi connectivity index (χ1n) is 6.73. The highest BCUT2D eigenvalue weighted by Gasteiger charge is 2.19. The van der Waals surface area contributed by atoms with Crippen LogP contribution in [-0.2, 0) is 4.79 Å². The SMILES string of the molecule is CSCC(C)(O)CNC(=O)CCC=Cc1ccccc1. The van der Waals surface area contributed by atoms with Gasteiger partial charge in [-0.2, -0.15) is 11.8 Å². The molecule has 1 aromatic carbocycles. The fraction of sp³-hybridized carbons (Fsp3) is 0.438. The Morgan fingerprint density at radius 2 is 2.10 bits per heavy atom. The van der Waals surface area contributed by atoms with Crippen molar-refractivity contribution in [3.8, 4) is 0 Å². The second-order valence-electron chi connectivity index (χ2n) is 5.06. The summed E-state index contributed by atoms with van der Waals surface area (Å²) in [5, 5.41) is 12.7. The first-order valence-corrected chi connectivity index (χ1v) is 8.12. The highest BCUT2D eigenvalue weighted by molar-refractivity contribution is 7.98. The van der Waals surface area contributed by atoms with Gasteiger partial charge in [-0.3, -0.25) is 4.79 Å². The van der Waals surface area contributed by atoms with Gasteiger partial charge in [0.2, 0.25) is 5.91 Å². The lowest BCUT2D eigenvalue weighted by Gasteiger charge is -2.22. The summed E-state index contributed by atoms with van der Waals surface area (Å²) in [4.78, 5) is 11.6. The Morgan fingerprint density at radius 3 is 2.75 bits per heavy atom. The smallest absolute Gasteiger partial charge is 0.220 e. The number of benzene rings is 1. The summed E-state index contributed by atoms with van der Waals surface area (Å²) in [5.74, 6) is 0.588. The largest absolute Gasteiger partial charge is 0.387 e. The van der Waals surface area contributed by atoms with Crippen LogP contribution in [-0.4, -0.2) is 35.2 Å². The standard InChI is InChI=1S/C16H23NO2S/c1-16(19,13-20-2)12-17-15(18)11-7-6-10-14-8-4-3-5-9-14/h3-6,8-10,19H,7,11-13H2,1-2H3,(H,17,18). The molecule has 2 N–H and O–H groups in total. The number of nitrogens with one attached hydrogen (secondary N) is 1. The molecule has 0 aliphatic heterocycles. The van der Waals surface area contributed by atoms with Crippen LogP contribution < -0.4 is 5.32 Å². The Labute approximate surface area is 125 Å². The Kier molecular flexibility index (Phi) is 7.41. The minimum Gasteiger partial charge on any atom is -0.387 e. The average molecular weight is 293 g/mol. The van der Waals surface area contributed by atoms with Crippen LogP contribution in [0.2, 0.25) is 0 Å². The van der Waals surface area contributed by atoms with Gasteiger partial charge < -0.3 is 10.4 Å². The first kappa shape index (κ1) is 16.8. The van der Waals surface area contributed by atoms with E-state index in [0.29, 0.717) is 25.1 Å². The zero-order chi connectivity index (χ0) is 14.8. The number of hydrogen-bond acceptors (Lipinski definition) is 3. The number of thioether (sulfide) groups is 1. The average Bonchev–Trinajstić information content (AvgIpc) is 2.43. The maximum absolute atomic E-state index is 11.6. The Balaban J connectivity index is 2.22. The van der Waals surface area contributed by atoms with Gasteiger partial charge in [-0.05, 0) is 25.2 Å². The molecule has 3 nitrogen and oxygen atoms in total. The summed E-state index contributed by atoms with van der Waals surface area (Å²) < 4.78 is 0. The van der Waals surface area contributed by atoms with Gasteiger partial charge in [-0.25, -0.2) is 0 Å². The fourth-order valence-electron chi connectivity index (χ4n) is 1.74. The molecule has 4 heteroatoms. The molecule has 0 heterocycles. The summed E-state index contributed by atoms with van der Waals surface area (Å²) in [5.41, 5.74) is 0.297. The molecule has 0 saturated heterocycles. The molecule has 0 radical (unpaired) electrons. The van der Waals surface area contributed by atoms with E-state index >= 15 is 0 Å². The van der Waals surface area contributed by atoms with E-state index in [1.807, 2.05) is 48.7 Å². The van der Waals surface area contributed by atoms with Crippen LogP contribution in [0.5, 0.6) is 0 Å². The van der Waals surface area contributed by atoms with Gasteiger partial charge in [0.25, 0.3) is 0 Å². The second kappa shape index (κ2) is 8.82. The van der Waals surface area contributed by atoms with E-state index in [1.54, 1.807) is 18.7 Å². The lowest BCUT2D eigenvalue weighted by Crippen LogP contribution is -2.42. The molecule has 1 unspecified atom stereocenters. The van der Waals surface area contributed by atoms with Crippen molar-refractivity contribution in [1.29, 1.82) is 0 Å². The van der Waals surface area contributed by atoms with E-state index in [9.17, 15) is 9.90 Å². The van der Waals surface area contributed by atoms with Crippen LogP contribution in [0, 0.1) is 0 Å². The van der Waals surface area contributed by atoms with Crippen molar-refractivity contribution in [3.05, 3.63) is 42.0 Å². The lowest BCUT2D eigenvalue weighted by molar-refractivity contribution is -0.121. The van der Waals surface area contributed by atoms with E-state index in [2.05, 4.69) is 5.32 Å². The molecule has 0 aliphatic rings. The van der Waals surface area contributed by atoms with Crippen LogP contribution in [0.15, 0.2) is 36.4 Å². The number of amides is 1. The molecule has 0 aromatic heterocycles. The molecule has 0 saturated carbocycles. The van der Waals surface area contributed by atoms with Crippen molar-refractivity contribution >= 4 is 23.7 Å². The maximum atomic E-state index is 11.6. The van der Waals surface area contributed by atoms with Crippen molar-refractivity contribution in [3.63, 3.8) is 0 Å². The molecule has 20 heavy (non-hydrogen) atoms. The number of aliphatic hydroxyl groups is 1. The van der Waals surface area contributed by atoms with E-state index in [0.717, 1.165) is 5.56 Å². The Bertz CT molecular complexity index is 429. The molecule has 110 valence electrons. The maximum Gasteiger partial charge on any atom is 0.220 e. The highest BCUT2D eigenvalue weighted by atomic mass is 32.2. The van der Waals surface area contributed by atoms with Crippen molar-refractivity contribution in [2.24, 2.45) is 0 Å². The van der Waals surface area contributed by atoms with Gasteiger partial charge in [0.05, 0.1) is 5.60 Å². The molecule has 0 aliphatic carbocycles. The molecule has 1 amide bonds. The number of hydrogen-bond donors (Lipinski definition) is 2. The lowest BCUT2D eigenvalue weighted by atomic mass is 10.1. The summed E-state index contributed by atoms with van der Waals surface area (Å²) in [7, 11) is 0. The topological polar surface area (TPSA) is 49.3 Å². The van der Waals surface area contributed by atoms with E-state index in [4.69, 9.17) is 0 Å². The summed E-state index contributed by atoms with van der Waals surface area (Å²) in [6.45, 7) is 2.04. The molecule has 0 bridgehead atoms. The molecule has 0 fully saturated rings. The Morgan fingerprint density at radius 1 is 1.40 bits per heavy atom. The van der Waals surface area contributed by atoms with Crippen LogP contribution in [0.3, 0.4) is 0 Å². The molecular formula is C16H23NO2S. The molecule has 1 atom stereocenters. The number of rotatable bonds is 8.